The van der Waals surface area contributed by atoms with Gasteiger partial charge in [-0.05, 0) is 31.7 Å². The Morgan fingerprint density at radius 1 is 1.30 bits per heavy atom. The first-order valence-corrected chi connectivity index (χ1v) is 4.60. The highest BCUT2D eigenvalue weighted by molar-refractivity contribution is 4.76. The largest absolute Gasteiger partial charge is 0.314 e. The minimum atomic E-state index is 0.818. The van der Waals surface area contributed by atoms with Gasteiger partial charge in [0.2, 0.25) is 0 Å². The number of piperidine rings is 1. The number of hydrogen-bond acceptors (Lipinski definition) is 1. The Hall–Kier alpha value is -0.0400. The van der Waals surface area contributed by atoms with Crippen LogP contribution in [0, 0.1) is 5.92 Å². The van der Waals surface area contributed by atoms with Gasteiger partial charge in [0.15, 0.2) is 0 Å². The zero-order valence-electron chi connectivity index (χ0n) is 7.19. The molecule has 1 saturated heterocycles. The lowest BCUT2D eigenvalue weighted by Crippen LogP contribution is -2.37. The molecule has 1 rings (SSSR count). The normalized spacial score (nSPS) is 34.2. The van der Waals surface area contributed by atoms with Crippen molar-refractivity contribution in [2.75, 3.05) is 6.54 Å². The Morgan fingerprint density at radius 3 is 2.70 bits per heavy atom. The van der Waals surface area contributed by atoms with E-state index in [4.69, 9.17) is 0 Å². The van der Waals surface area contributed by atoms with E-state index in [1.165, 1.54) is 32.2 Å². The first-order valence-electron chi connectivity index (χ1n) is 4.60. The molecule has 1 nitrogen and oxygen atoms in total. The molecule has 0 bridgehead atoms. The molecule has 0 aromatic heterocycles. The predicted octanol–water partition coefficient (Wildman–Crippen LogP) is 2.17. The maximum atomic E-state index is 3.53. The SMILES string of the molecule is CC[C@H]1CCN[C@H](CC)C1. The molecule has 1 heteroatoms. The van der Waals surface area contributed by atoms with Crippen molar-refractivity contribution in [2.24, 2.45) is 5.92 Å². The summed E-state index contributed by atoms with van der Waals surface area (Å²) in [4.78, 5) is 0. The van der Waals surface area contributed by atoms with Crippen LogP contribution in [0.15, 0.2) is 0 Å². The van der Waals surface area contributed by atoms with Crippen molar-refractivity contribution in [1.29, 1.82) is 0 Å². The Morgan fingerprint density at radius 2 is 2.10 bits per heavy atom. The van der Waals surface area contributed by atoms with Gasteiger partial charge in [-0.1, -0.05) is 20.3 Å². The molecule has 0 amide bonds. The lowest BCUT2D eigenvalue weighted by atomic mass is 9.89. The van der Waals surface area contributed by atoms with Gasteiger partial charge in [-0.25, -0.2) is 0 Å². The summed E-state index contributed by atoms with van der Waals surface area (Å²) in [7, 11) is 0. The first kappa shape index (κ1) is 8.06. The smallest absolute Gasteiger partial charge is 0.00670 e. The van der Waals surface area contributed by atoms with Crippen LogP contribution in [-0.2, 0) is 0 Å². The highest BCUT2D eigenvalue weighted by Crippen LogP contribution is 2.20. The maximum absolute atomic E-state index is 3.53. The van der Waals surface area contributed by atoms with Crippen LogP contribution in [0.25, 0.3) is 0 Å². The van der Waals surface area contributed by atoms with Gasteiger partial charge >= 0.3 is 0 Å². The summed E-state index contributed by atoms with van der Waals surface area (Å²) in [6.45, 7) is 5.83. The summed E-state index contributed by atoms with van der Waals surface area (Å²) >= 11 is 0. The second kappa shape index (κ2) is 3.97. The molecule has 1 N–H and O–H groups in total. The Labute approximate surface area is 64.2 Å². The first-order chi connectivity index (χ1) is 4.86. The molecule has 0 unspecified atom stereocenters. The van der Waals surface area contributed by atoms with E-state index < -0.39 is 0 Å². The highest BCUT2D eigenvalue weighted by Gasteiger charge is 2.17. The molecule has 0 aliphatic carbocycles. The molecule has 0 saturated carbocycles. The van der Waals surface area contributed by atoms with Crippen LogP contribution in [0.5, 0.6) is 0 Å². The van der Waals surface area contributed by atoms with Crippen LogP contribution in [-0.4, -0.2) is 12.6 Å². The Kier molecular flexibility index (Phi) is 3.20. The minimum absolute atomic E-state index is 0.818. The molecule has 0 aromatic carbocycles. The van der Waals surface area contributed by atoms with E-state index in [1.54, 1.807) is 0 Å². The van der Waals surface area contributed by atoms with Gasteiger partial charge in [0, 0.05) is 6.04 Å². The van der Waals surface area contributed by atoms with E-state index in [9.17, 15) is 0 Å². The lowest BCUT2D eigenvalue weighted by molar-refractivity contribution is 0.290. The zero-order valence-corrected chi connectivity index (χ0v) is 7.19. The molecule has 2 atom stereocenters. The summed E-state index contributed by atoms with van der Waals surface area (Å²) in [5, 5.41) is 3.53. The van der Waals surface area contributed by atoms with Crippen molar-refractivity contribution in [3.8, 4) is 0 Å². The van der Waals surface area contributed by atoms with Gasteiger partial charge in [0.05, 0.1) is 0 Å². The van der Waals surface area contributed by atoms with E-state index >= 15 is 0 Å². The quantitative estimate of drug-likeness (QED) is 0.621. The fourth-order valence-electron chi connectivity index (χ4n) is 1.78. The standard InChI is InChI=1S/C9H19N/c1-3-8-5-6-10-9(4-2)7-8/h8-10H,3-7H2,1-2H3/t8-,9+/m0/s1. The van der Waals surface area contributed by atoms with Gasteiger partial charge in [-0.3, -0.25) is 0 Å². The predicted molar refractivity (Wildman–Crippen MR) is 45.1 cm³/mol. The van der Waals surface area contributed by atoms with Crippen LogP contribution in [0.4, 0.5) is 0 Å². The monoisotopic (exact) mass is 141 g/mol. The van der Waals surface area contributed by atoms with E-state index in [2.05, 4.69) is 19.2 Å². The van der Waals surface area contributed by atoms with Crippen LogP contribution < -0.4 is 5.32 Å². The Balaban J connectivity index is 2.25. The second-order valence-corrected chi connectivity index (χ2v) is 3.36. The minimum Gasteiger partial charge on any atom is -0.314 e. The number of nitrogens with one attached hydrogen (secondary N) is 1. The second-order valence-electron chi connectivity index (χ2n) is 3.36. The molecule has 0 spiro atoms. The fourth-order valence-corrected chi connectivity index (χ4v) is 1.78. The Bertz CT molecular complexity index is 80.7. The molecule has 1 aliphatic heterocycles. The average molecular weight is 141 g/mol. The summed E-state index contributed by atoms with van der Waals surface area (Å²) in [5.74, 6) is 1.01. The molecule has 60 valence electrons. The molecule has 1 fully saturated rings. The van der Waals surface area contributed by atoms with Crippen molar-refractivity contribution >= 4 is 0 Å². The van der Waals surface area contributed by atoms with Crippen molar-refractivity contribution in [2.45, 2.75) is 45.6 Å². The van der Waals surface area contributed by atoms with Crippen molar-refractivity contribution in [3.05, 3.63) is 0 Å². The van der Waals surface area contributed by atoms with Gasteiger partial charge in [-0.15, -0.1) is 0 Å². The zero-order chi connectivity index (χ0) is 7.40. The molecule has 1 heterocycles. The van der Waals surface area contributed by atoms with E-state index in [0.29, 0.717) is 0 Å². The molecule has 1 aliphatic rings. The number of hydrogen-bond donors (Lipinski definition) is 1. The lowest BCUT2D eigenvalue weighted by Gasteiger charge is -2.28. The maximum Gasteiger partial charge on any atom is 0.00670 e. The highest BCUT2D eigenvalue weighted by atomic mass is 14.9. The summed E-state index contributed by atoms with van der Waals surface area (Å²) < 4.78 is 0. The third-order valence-corrected chi connectivity index (χ3v) is 2.67. The van der Waals surface area contributed by atoms with E-state index in [0.717, 1.165) is 12.0 Å². The third kappa shape index (κ3) is 1.98. The van der Waals surface area contributed by atoms with Crippen LogP contribution in [0.1, 0.15) is 39.5 Å². The topological polar surface area (TPSA) is 12.0 Å². The van der Waals surface area contributed by atoms with Gasteiger partial charge in [-0.2, -0.15) is 0 Å². The van der Waals surface area contributed by atoms with Gasteiger partial charge in [0.25, 0.3) is 0 Å². The summed E-state index contributed by atoms with van der Waals surface area (Å²) in [6.07, 6.45) is 5.48. The molecule has 0 radical (unpaired) electrons. The molecule has 10 heavy (non-hydrogen) atoms. The average Bonchev–Trinajstić information content (AvgIpc) is 2.05. The van der Waals surface area contributed by atoms with E-state index in [1.807, 2.05) is 0 Å². The van der Waals surface area contributed by atoms with Gasteiger partial charge in [0.1, 0.15) is 0 Å². The van der Waals surface area contributed by atoms with Crippen LogP contribution in [0.2, 0.25) is 0 Å². The van der Waals surface area contributed by atoms with Crippen molar-refractivity contribution < 1.29 is 0 Å². The summed E-state index contributed by atoms with van der Waals surface area (Å²) in [6, 6.07) is 0.818. The molecular weight excluding hydrogens is 122 g/mol. The van der Waals surface area contributed by atoms with Crippen LogP contribution >= 0.6 is 0 Å². The molecular formula is C9H19N. The third-order valence-electron chi connectivity index (χ3n) is 2.67. The molecule has 0 aromatic rings. The van der Waals surface area contributed by atoms with Crippen molar-refractivity contribution in [1.82, 2.24) is 5.32 Å². The van der Waals surface area contributed by atoms with Crippen molar-refractivity contribution in [3.63, 3.8) is 0 Å². The van der Waals surface area contributed by atoms with Gasteiger partial charge < -0.3 is 5.32 Å². The fraction of sp³-hybridized carbons (Fsp3) is 1.00. The van der Waals surface area contributed by atoms with Crippen LogP contribution in [0.3, 0.4) is 0 Å². The van der Waals surface area contributed by atoms with E-state index in [-0.39, 0.29) is 0 Å². The summed E-state index contributed by atoms with van der Waals surface area (Å²) in [5.41, 5.74) is 0. The number of rotatable bonds is 2.